The van der Waals surface area contributed by atoms with Crippen LogP contribution in [0.4, 0.5) is 4.39 Å². The van der Waals surface area contributed by atoms with Gasteiger partial charge in [-0.2, -0.15) is 0 Å². The van der Waals surface area contributed by atoms with Gasteiger partial charge in [0.15, 0.2) is 5.37 Å². The van der Waals surface area contributed by atoms with Crippen LogP contribution in [0.25, 0.3) is 0 Å². The van der Waals surface area contributed by atoms with Crippen molar-refractivity contribution in [2.24, 2.45) is 0 Å². The van der Waals surface area contributed by atoms with Crippen LogP contribution in [0.3, 0.4) is 0 Å². The predicted octanol–water partition coefficient (Wildman–Crippen LogP) is 4.03. The zero-order valence-corrected chi connectivity index (χ0v) is 15.9. The summed E-state index contributed by atoms with van der Waals surface area (Å²) in [5, 5.41) is 0.372. The lowest BCUT2D eigenvalue weighted by Crippen LogP contribution is -2.49. The molecule has 9 heteroatoms. The Kier molecular flexibility index (Phi) is 5.99. The van der Waals surface area contributed by atoms with Gasteiger partial charge in [-0.05, 0) is 43.3 Å². The van der Waals surface area contributed by atoms with Crippen molar-refractivity contribution in [1.29, 1.82) is 0 Å². The molecule has 0 saturated carbocycles. The summed E-state index contributed by atoms with van der Waals surface area (Å²) in [5.41, 5.74) is 1.13. The maximum absolute atomic E-state index is 13.0. The summed E-state index contributed by atoms with van der Waals surface area (Å²) in [5.74, 6) is -1.34. The molecule has 134 valence electrons. The van der Waals surface area contributed by atoms with Crippen LogP contribution in [0.15, 0.2) is 53.4 Å². The van der Waals surface area contributed by atoms with E-state index in [9.17, 15) is 17.6 Å². The minimum absolute atomic E-state index is 0.208. The van der Waals surface area contributed by atoms with Crippen molar-refractivity contribution in [2.45, 2.75) is 21.0 Å². The van der Waals surface area contributed by atoms with Crippen LogP contribution in [0.1, 0.15) is 15.9 Å². The lowest BCUT2D eigenvalue weighted by Gasteiger charge is -2.25. The van der Waals surface area contributed by atoms with Gasteiger partial charge in [-0.3, -0.25) is 4.79 Å². The van der Waals surface area contributed by atoms with Crippen molar-refractivity contribution >= 4 is 50.5 Å². The van der Waals surface area contributed by atoms with E-state index in [4.69, 9.17) is 34.8 Å². The second kappa shape index (κ2) is 7.50. The third kappa shape index (κ3) is 4.85. The second-order valence-corrected chi connectivity index (χ2v) is 9.66. The van der Waals surface area contributed by atoms with Gasteiger partial charge in [-0.15, -0.1) is 0 Å². The van der Waals surface area contributed by atoms with Gasteiger partial charge in [0.25, 0.3) is 5.91 Å². The fraction of sp³-hybridized carbons (Fsp3) is 0.188. The smallest absolute Gasteiger partial charge is 0.252 e. The minimum Gasteiger partial charge on any atom is -0.332 e. The van der Waals surface area contributed by atoms with Crippen LogP contribution in [0, 0.1) is 12.7 Å². The molecule has 2 aromatic carbocycles. The highest BCUT2D eigenvalue weighted by atomic mass is 35.6. The molecule has 0 aliphatic carbocycles. The Hall–Kier alpha value is -1.34. The fourth-order valence-corrected chi connectivity index (χ4v) is 4.62. The third-order valence-corrected chi connectivity index (χ3v) is 6.39. The standard InChI is InChI=1S/C16H13Cl3FNO3S/c1-10-2-4-11(5-3-10)14(22)21-15(16(17,18)19)25(23,24)13-8-6-12(20)7-9-13/h2-9,15H,1H3,(H,21,22)/t15-/m0/s1. The zero-order chi connectivity index (χ0) is 18.8. The van der Waals surface area contributed by atoms with Gasteiger partial charge < -0.3 is 5.32 Å². The van der Waals surface area contributed by atoms with E-state index < -0.39 is 30.7 Å². The summed E-state index contributed by atoms with van der Waals surface area (Å²) < 4.78 is 36.1. The summed E-state index contributed by atoms with van der Waals surface area (Å²) in [7, 11) is -4.28. The first-order chi connectivity index (χ1) is 11.5. The van der Waals surface area contributed by atoms with Gasteiger partial charge in [0, 0.05) is 5.56 Å². The molecule has 25 heavy (non-hydrogen) atoms. The Morgan fingerprint density at radius 2 is 1.56 bits per heavy atom. The number of alkyl halides is 3. The molecule has 1 amide bonds. The van der Waals surface area contributed by atoms with Crippen LogP contribution in [-0.2, 0) is 9.84 Å². The van der Waals surface area contributed by atoms with Crippen LogP contribution in [0.5, 0.6) is 0 Å². The third-order valence-electron chi connectivity index (χ3n) is 3.33. The second-order valence-electron chi connectivity index (χ2n) is 5.26. The van der Waals surface area contributed by atoms with E-state index in [0.29, 0.717) is 0 Å². The van der Waals surface area contributed by atoms with E-state index in [0.717, 1.165) is 29.8 Å². The molecule has 0 saturated heterocycles. The van der Waals surface area contributed by atoms with Crippen molar-refractivity contribution in [3.8, 4) is 0 Å². The van der Waals surface area contributed by atoms with Gasteiger partial charge >= 0.3 is 0 Å². The molecule has 4 nitrogen and oxygen atoms in total. The lowest BCUT2D eigenvalue weighted by molar-refractivity contribution is 0.0948. The molecule has 1 N–H and O–H groups in total. The molecule has 0 fully saturated rings. The first kappa shape index (κ1) is 20.0. The molecule has 0 aromatic heterocycles. The Morgan fingerprint density at radius 3 is 2.04 bits per heavy atom. The molecule has 2 aromatic rings. The number of carbonyl (C=O) groups excluding carboxylic acids is 1. The average Bonchev–Trinajstić information content (AvgIpc) is 2.52. The number of amides is 1. The monoisotopic (exact) mass is 423 g/mol. The van der Waals surface area contributed by atoms with E-state index >= 15 is 0 Å². The van der Waals surface area contributed by atoms with Crippen molar-refractivity contribution in [3.05, 3.63) is 65.5 Å². The molecule has 2 rings (SSSR count). The summed E-state index contributed by atoms with van der Waals surface area (Å²) in [6, 6.07) is 10.4. The van der Waals surface area contributed by atoms with Gasteiger partial charge in [0.1, 0.15) is 5.82 Å². The minimum atomic E-state index is -4.28. The number of sulfone groups is 1. The van der Waals surface area contributed by atoms with Crippen molar-refractivity contribution in [3.63, 3.8) is 0 Å². The number of nitrogens with one attached hydrogen (secondary N) is 1. The topological polar surface area (TPSA) is 63.2 Å². The number of rotatable bonds is 4. The van der Waals surface area contributed by atoms with Gasteiger partial charge in [-0.1, -0.05) is 52.5 Å². The van der Waals surface area contributed by atoms with Crippen LogP contribution < -0.4 is 5.32 Å². The fourth-order valence-electron chi connectivity index (χ4n) is 2.00. The number of carbonyl (C=O) groups is 1. The number of aryl methyl sites for hydroxylation is 1. The highest BCUT2D eigenvalue weighted by molar-refractivity contribution is 7.92. The maximum atomic E-state index is 13.0. The molecule has 0 radical (unpaired) electrons. The molecule has 0 unspecified atom stereocenters. The largest absolute Gasteiger partial charge is 0.332 e. The van der Waals surface area contributed by atoms with E-state index in [-0.39, 0.29) is 10.5 Å². The Balaban J connectivity index is 2.38. The van der Waals surface area contributed by atoms with E-state index in [1.807, 2.05) is 6.92 Å². The molecule has 0 spiro atoms. The molecule has 0 heterocycles. The highest BCUT2D eigenvalue weighted by Gasteiger charge is 2.44. The van der Waals surface area contributed by atoms with E-state index in [2.05, 4.69) is 5.32 Å². The quantitative estimate of drug-likeness (QED) is 0.595. The van der Waals surface area contributed by atoms with Gasteiger partial charge in [-0.25, -0.2) is 12.8 Å². The van der Waals surface area contributed by atoms with Crippen LogP contribution >= 0.6 is 34.8 Å². The summed E-state index contributed by atoms with van der Waals surface area (Å²) in [4.78, 5) is 12.1. The zero-order valence-electron chi connectivity index (χ0n) is 12.8. The van der Waals surface area contributed by atoms with E-state index in [1.54, 1.807) is 12.1 Å². The number of hydrogen-bond donors (Lipinski definition) is 1. The molecule has 0 bridgehead atoms. The van der Waals surface area contributed by atoms with Gasteiger partial charge in [0.05, 0.1) is 4.90 Å². The summed E-state index contributed by atoms with van der Waals surface area (Å²) in [6.45, 7) is 1.84. The highest BCUT2D eigenvalue weighted by Crippen LogP contribution is 2.36. The van der Waals surface area contributed by atoms with Crippen molar-refractivity contribution in [1.82, 2.24) is 5.32 Å². The predicted molar refractivity (Wildman–Crippen MR) is 96.3 cm³/mol. The Morgan fingerprint density at radius 1 is 1.04 bits per heavy atom. The molecule has 0 aliphatic rings. The summed E-state index contributed by atoms with van der Waals surface area (Å²) in [6.07, 6.45) is 0. The Labute approximate surface area is 159 Å². The summed E-state index contributed by atoms with van der Waals surface area (Å²) >= 11 is 17.4. The lowest BCUT2D eigenvalue weighted by atomic mass is 10.1. The van der Waals surface area contributed by atoms with Crippen LogP contribution in [-0.4, -0.2) is 23.5 Å². The number of hydrogen-bond acceptors (Lipinski definition) is 3. The molecule has 1 atom stereocenters. The average molecular weight is 425 g/mol. The number of benzene rings is 2. The van der Waals surface area contributed by atoms with Crippen LogP contribution in [0.2, 0.25) is 0 Å². The Bertz CT molecular complexity index is 863. The normalized spacial score (nSPS) is 13.3. The van der Waals surface area contributed by atoms with Crippen molar-refractivity contribution in [2.75, 3.05) is 0 Å². The SMILES string of the molecule is Cc1ccc(C(=O)N[C@H](C(Cl)(Cl)Cl)S(=O)(=O)c2ccc(F)cc2)cc1. The van der Waals surface area contributed by atoms with Crippen molar-refractivity contribution < 1.29 is 17.6 Å². The molecular formula is C16H13Cl3FNO3S. The first-order valence-corrected chi connectivity index (χ1v) is 9.63. The maximum Gasteiger partial charge on any atom is 0.252 e. The molecular weight excluding hydrogens is 412 g/mol. The number of halogens is 4. The van der Waals surface area contributed by atoms with E-state index in [1.165, 1.54) is 12.1 Å². The van der Waals surface area contributed by atoms with Gasteiger partial charge in [0.2, 0.25) is 13.6 Å². The first-order valence-electron chi connectivity index (χ1n) is 6.95. The molecule has 0 aliphatic heterocycles.